The zero-order valence-electron chi connectivity index (χ0n) is 17.8. The van der Waals surface area contributed by atoms with Crippen LogP contribution in [0.3, 0.4) is 0 Å². The summed E-state index contributed by atoms with van der Waals surface area (Å²) in [4.78, 5) is 0. The van der Waals surface area contributed by atoms with E-state index in [0.717, 1.165) is 19.8 Å². The first-order valence-corrected chi connectivity index (χ1v) is 11.6. The van der Waals surface area contributed by atoms with Crippen molar-refractivity contribution < 1.29 is 9.47 Å². The second kappa shape index (κ2) is 22.0. The molecule has 2 nitrogen and oxygen atoms in total. The largest absolute Gasteiger partial charge is 0.379 e. The van der Waals surface area contributed by atoms with Crippen LogP contribution in [0.4, 0.5) is 0 Å². The van der Waals surface area contributed by atoms with Crippen molar-refractivity contribution in [3.8, 4) is 0 Å². The van der Waals surface area contributed by atoms with Crippen molar-refractivity contribution in [2.24, 2.45) is 0 Å². The molecule has 0 aromatic rings. The lowest BCUT2D eigenvalue weighted by Gasteiger charge is -2.22. The fourth-order valence-electron chi connectivity index (χ4n) is 3.38. The molecule has 1 aliphatic rings. The average molecular weight is 357 g/mol. The van der Waals surface area contributed by atoms with E-state index in [1.807, 2.05) is 13.8 Å². The van der Waals surface area contributed by atoms with Gasteiger partial charge in [-0.2, -0.15) is 0 Å². The minimum atomic E-state index is 0.380. The summed E-state index contributed by atoms with van der Waals surface area (Å²) in [6, 6.07) is 0. The minimum absolute atomic E-state index is 0.380. The Morgan fingerprint density at radius 2 is 1.24 bits per heavy atom. The van der Waals surface area contributed by atoms with Gasteiger partial charge in [0.25, 0.3) is 0 Å². The minimum Gasteiger partial charge on any atom is -0.379 e. The van der Waals surface area contributed by atoms with E-state index in [9.17, 15) is 0 Å². The lowest BCUT2D eigenvalue weighted by Crippen LogP contribution is -2.24. The van der Waals surface area contributed by atoms with Crippen LogP contribution in [0.2, 0.25) is 0 Å². The van der Waals surface area contributed by atoms with E-state index in [2.05, 4.69) is 6.92 Å². The maximum absolute atomic E-state index is 5.75. The molecule has 1 rings (SSSR count). The molecule has 1 unspecified atom stereocenters. The quantitative estimate of drug-likeness (QED) is 0.264. The zero-order chi connectivity index (χ0) is 18.4. The molecule has 25 heavy (non-hydrogen) atoms. The molecular formula is C23H48O2. The Morgan fingerprint density at radius 1 is 0.720 bits per heavy atom. The van der Waals surface area contributed by atoms with Crippen LogP contribution in [0.5, 0.6) is 0 Å². The van der Waals surface area contributed by atoms with Gasteiger partial charge >= 0.3 is 0 Å². The number of hydrogen-bond donors (Lipinski definition) is 0. The molecule has 1 atom stereocenters. The highest BCUT2D eigenvalue weighted by Crippen LogP contribution is 2.14. The maximum Gasteiger partial charge on any atom is 0.0808 e. The summed E-state index contributed by atoms with van der Waals surface area (Å²) in [6.07, 6.45) is 22.4. The van der Waals surface area contributed by atoms with Crippen LogP contribution in [0, 0.1) is 0 Å². The van der Waals surface area contributed by atoms with Crippen LogP contribution in [0.25, 0.3) is 0 Å². The zero-order valence-corrected chi connectivity index (χ0v) is 17.8. The second-order valence-corrected chi connectivity index (χ2v) is 7.31. The Balaban J connectivity index is 0.00000277. The molecule has 2 heteroatoms. The van der Waals surface area contributed by atoms with Crippen molar-refractivity contribution in [2.45, 2.75) is 130 Å². The van der Waals surface area contributed by atoms with E-state index in [0.29, 0.717) is 6.10 Å². The van der Waals surface area contributed by atoms with Crippen molar-refractivity contribution in [1.82, 2.24) is 0 Å². The van der Waals surface area contributed by atoms with Crippen LogP contribution in [0.15, 0.2) is 0 Å². The van der Waals surface area contributed by atoms with Crippen LogP contribution < -0.4 is 0 Å². The summed E-state index contributed by atoms with van der Waals surface area (Å²) in [5.41, 5.74) is 0. The van der Waals surface area contributed by atoms with E-state index in [4.69, 9.17) is 9.47 Å². The third-order valence-electron chi connectivity index (χ3n) is 4.97. The second-order valence-electron chi connectivity index (χ2n) is 7.31. The lowest BCUT2D eigenvalue weighted by atomic mass is 10.0. The first-order chi connectivity index (χ1) is 12.4. The average Bonchev–Trinajstić information content (AvgIpc) is 2.67. The molecule has 0 spiro atoms. The van der Waals surface area contributed by atoms with Gasteiger partial charge in [0, 0.05) is 13.2 Å². The first-order valence-electron chi connectivity index (χ1n) is 11.6. The molecule has 1 saturated heterocycles. The van der Waals surface area contributed by atoms with Gasteiger partial charge in [0.15, 0.2) is 0 Å². The molecular weight excluding hydrogens is 308 g/mol. The van der Waals surface area contributed by atoms with Gasteiger partial charge in [-0.1, -0.05) is 97.8 Å². The SMILES string of the molecule is CC.CCCCCCCCCCCCCCCOCC1CCCCO1. The Hall–Kier alpha value is -0.0800. The molecule has 0 amide bonds. The Bertz CT molecular complexity index is 224. The fourth-order valence-corrected chi connectivity index (χ4v) is 3.38. The van der Waals surface area contributed by atoms with Crippen LogP contribution in [0.1, 0.15) is 124 Å². The van der Waals surface area contributed by atoms with E-state index in [1.54, 1.807) is 0 Å². The number of rotatable bonds is 16. The van der Waals surface area contributed by atoms with Gasteiger partial charge in [0.2, 0.25) is 0 Å². The normalized spacial score (nSPS) is 17.2. The lowest BCUT2D eigenvalue weighted by molar-refractivity contribution is -0.0411. The Morgan fingerprint density at radius 3 is 1.72 bits per heavy atom. The molecule has 0 bridgehead atoms. The Labute approximate surface area is 159 Å². The van der Waals surface area contributed by atoms with Crippen LogP contribution in [-0.4, -0.2) is 25.9 Å². The van der Waals surface area contributed by atoms with Gasteiger partial charge in [-0.05, 0) is 25.7 Å². The van der Waals surface area contributed by atoms with Gasteiger partial charge in [-0.25, -0.2) is 0 Å². The van der Waals surface area contributed by atoms with Gasteiger partial charge in [0.05, 0.1) is 12.7 Å². The van der Waals surface area contributed by atoms with Crippen molar-refractivity contribution in [3.63, 3.8) is 0 Å². The topological polar surface area (TPSA) is 18.5 Å². The Kier molecular flexibility index (Phi) is 21.9. The highest BCUT2D eigenvalue weighted by molar-refractivity contribution is 4.62. The number of ether oxygens (including phenoxy) is 2. The maximum atomic E-state index is 5.75. The van der Waals surface area contributed by atoms with Crippen molar-refractivity contribution in [2.75, 3.05) is 19.8 Å². The summed E-state index contributed by atoms with van der Waals surface area (Å²) in [5.74, 6) is 0. The summed E-state index contributed by atoms with van der Waals surface area (Å²) in [7, 11) is 0. The monoisotopic (exact) mass is 356 g/mol. The van der Waals surface area contributed by atoms with E-state index >= 15 is 0 Å². The fraction of sp³-hybridized carbons (Fsp3) is 1.00. The standard InChI is InChI=1S/C21H42O2.C2H6/c1-2-3-4-5-6-7-8-9-10-11-12-13-15-18-22-20-21-17-14-16-19-23-21;1-2/h21H,2-20H2,1H3;1-2H3. The van der Waals surface area contributed by atoms with E-state index in [-0.39, 0.29) is 0 Å². The molecule has 0 aromatic heterocycles. The number of unbranched alkanes of at least 4 members (excludes halogenated alkanes) is 12. The van der Waals surface area contributed by atoms with Gasteiger partial charge in [0.1, 0.15) is 0 Å². The summed E-state index contributed by atoms with van der Waals surface area (Å²) in [6.45, 7) is 8.97. The van der Waals surface area contributed by atoms with Crippen molar-refractivity contribution in [1.29, 1.82) is 0 Å². The van der Waals surface area contributed by atoms with Crippen molar-refractivity contribution in [3.05, 3.63) is 0 Å². The van der Waals surface area contributed by atoms with Gasteiger partial charge in [-0.15, -0.1) is 0 Å². The van der Waals surface area contributed by atoms with Crippen LogP contribution in [-0.2, 0) is 9.47 Å². The third-order valence-corrected chi connectivity index (χ3v) is 4.97. The molecule has 0 aromatic carbocycles. The molecule has 0 saturated carbocycles. The first kappa shape index (κ1) is 24.9. The molecule has 1 heterocycles. The smallest absolute Gasteiger partial charge is 0.0808 e. The molecule has 1 fully saturated rings. The van der Waals surface area contributed by atoms with E-state index < -0.39 is 0 Å². The summed E-state index contributed by atoms with van der Waals surface area (Å²) in [5, 5.41) is 0. The molecule has 152 valence electrons. The van der Waals surface area contributed by atoms with E-state index in [1.165, 1.54) is 103 Å². The molecule has 0 aliphatic carbocycles. The molecule has 0 radical (unpaired) electrons. The predicted molar refractivity (Wildman–Crippen MR) is 111 cm³/mol. The summed E-state index contributed by atoms with van der Waals surface area (Å²) >= 11 is 0. The van der Waals surface area contributed by atoms with Gasteiger partial charge < -0.3 is 9.47 Å². The highest BCUT2D eigenvalue weighted by Gasteiger charge is 2.13. The van der Waals surface area contributed by atoms with Crippen molar-refractivity contribution >= 4 is 0 Å². The molecule has 1 aliphatic heterocycles. The van der Waals surface area contributed by atoms with Gasteiger partial charge in [-0.3, -0.25) is 0 Å². The van der Waals surface area contributed by atoms with Crippen LogP contribution >= 0.6 is 0 Å². The summed E-state index contributed by atoms with van der Waals surface area (Å²) < 4.78 is 11.4. The third kappa shape index (κ3) is 18.5. The number of hydrogen-bond acceptors (Lipinski definition) is 2. The molecule has 0 N–H and O–H groups in total. The highest BCUT2D eigenvalue weighted by atomic mass is 16.5. The predicted octanol–water partition coefficient (Wildman–Crippen LogP) is 7.69.